The standard InChI is InChI=1S/C26H18ClN3O6/c27-23-8-4-3-7-21(23)26(32)36-24-14-9-17-5-1-2-6-20(17)22(24)15-28-29-25(31)16-35-19-12-10-18(11-13-19)30(33)34/h1-15H,16H2,(H,29,31). The van der Waals surface area contributed by atoms with E-state index in [4.69, 9.17) is 21.1 Å². The highest BCUT2D eigenvalue weighted by Crippen LogP contribution is 2.28. The summed E-state index contributed by atoms with van der Waals surface area (Å²) in [6.07, 6.45) is 1.38. The third-order valence-electron chi connectivity index (χ3n) is 5.03. The number of hydrazone groups is 1. The summed E-state index contributed by atoms with van der Waals surface area (Å²) < 4.78 is 10.9. The normalized spacial score (nSPS) is 10.8. The van der Waals surface area contributed by atoms with Gasteiger partial charge in [0.1, 0.15) is 11.5 Å². The van der Waals surface area contributed by atoms with Crippen LogP contribution in [0.25, 0.3) is 10.8 Å². The van der Waals surface area contributed by atoms with Crippen molar-refractivity contribution in [3.63, 3.8) is 0 Å². The fourth-order valence-electron chi connectivity index (χ4n) is 3.29. The molecular weight excluding hydrogens is 486 g/mol. The van der Waals surface area contributed by atoms with Crippen LogP contribution in [0.1, 0.15) is 15.9 Å². The molecule has 36 heavy (non-hydrogen) atoms. The summed E-state index contributed by atoms with van der Waals surface area (Å²) in [5.74, 6) is -0.660. The topological polar surface area (TPSA) is 120 Å². The van der Waals surface area contributed by atoms with E-state index in [2.05, 4.69) is 10.5 Å². The van der Waals surface area contributed by atoms with Crippen LogP contribution in [0, 0.1) is 10.1 Å². The first-order valence-electron chi connectivity index (χ1n) is 10.6. The molecule has 0 bridgehead atoms. The molecule has 0 spiro atoms. The van der Waals surface area contributed by atoms with Crippen LogP contribution in [-0.2, 0) is 4.79 Å². The van der Waals surface area contributed by atoms with Crippen molar-refractivity contribution in [1.29, 1.82) is 0 Å². The van der Waals surface area contributed by atoms with Gasteiger partial charge in [-0.3, -0.25) is 14.9 Å². The lowest BCUT2D eigenvalue weighted by atomic mass is 10.0. The number of hydrogen-bond donors (Lipinski definition) is 1. The van der Waals surface area contributed by atoms with E-state index in [9.17, 15) is 19.7 Å². The quantitative estimate of drug-likeness (QED) is 0.117. The molecule has 0 aliphatic rings. The van der Waals surface area contributed by atoms with Gasteiger partial charge in [-0.05, 0) is 41.1 Å². The van der Waals surface area contributed by atoms with Crippen molar-refractivity contribution >= 4 is 46.2 Å². The number of hydrogen-bond acceptors (Lipinski definition) is 7. The van der Waals surface area contributed by atoms with Crippen molar-refractivity contribution < 1.29 is 24.0 Å². The van der Waals surface area contributed by atoms with Crippen LogP contribution in [0.15, 0.2) is 90.0 Å². The molecule has 4 aromatic rings. The molecule has 4 aromatic carbocycles. The molecule has 0 atom stereocenters. The summed E-state index contributed by atoms with van der Waals surface area (Å²) in [6.45, 7) is -0.362. The Bertz CT molecular complexity index is 1470. The molecule has 1 amide bonds. The van der Waals surface area contributed by atoms with Crippen molar-refractivity contribution in [2.45, 2.75) is 0 Å². The maximum atomic E-state index is 12.7. The molecule has 10 heteroatoms. The molecule has 1 N–H and O–H groups in total. The van der Waals surface area contributed by atoms with E-state index in [1.54, 1.807) is 36.4 Å². The number of ether oxygens (including phenoxy) is 2. The van der Waals surface area contributed by atoms with Crippen molar-refractivity contribution in [1.82, 2.24) is 5.43 Å². The molecule has 4 rings (SSSR count). The first-order chi connectivity index (χ1) is 17.4. The number of halogens is 1. The predicted molar refractivity (Wildman–Crippen MR) is 135 cm³/mol. The minimum atomic E-state index is -0.633. The largest absolute Gasteiger partial charge is 0.484 e. The number of benzene rings is 4. The molecule has 0 aliphatic carbocycles. The fraction of sp³-hybridized carbons (Fsp3) is 0.0385. The molecule has 0 fully saturated rings. The van der Waals surface area contributed by atoms with Crippen molar-refractivity contribution in [2.75, 3.05) is 6.61 Å². The lowest BCUT2D eigenvalue weighted by Crippen LogP contribution is -2.24. The Labute approximate surface area is 210 Å². The van der Waals surface area contributed by atoms with Gasteiger partial charge in [-0.1, -0.05) is 54.1 Å². The van der Waals surface area contributed by atoms with Gasteiger partial charge in [-0.25, -0.2) is 10.2 Å². The Kier molecular flexibility index (Phi) is 7.52. The maximum Gasteiger partial charge on any atom is 0.345 e. The van der Waals surface area contributed by atoms with Gasteiger partial charge < -0.3 is 9.47 Å². The number of carbonyl (C=O) groups is 2. The second-order valence-electron chi connectivity index (χ2n) is 7.40. The van der Waals surface area contributed by atoms with Crippen LogP contribution < -0.4 is 14.9 Å². The number of fused-ring (bicyclic) bond motifs is 1. The van der Waals surface area contributed by atoms with Gasteiger partial charge in [-0.2, -0.15) is 5.10 Å². The van der Waals surface area contributed by atoms with Gasteiger partial charge >= 0.3 is 5.97 Å². The van der Waals surface area contributed by atoms with Crippen LogP contribution in [0.3, 0.4) is 0 Å². The summed E-state index contributed by atoms with van der Waals surface area (Å²) in [5.41, 5.74) is 2.96. The van der Waals surface area contributed by atoms with Gasteiger partial charge in [0, 0.05) is 17.7 Å². The number of nitro groups is 1. The van der Waals surface area contributed by atoms with Gasteiger partial charge in [0.15, 0.2) is 6.61 Å². The molecular formula is C26H18ClN3O6. The molecule has 0 saturated carbocycles. The predicted octanol–water partition coefficient (Wildman–Crippen LogP) is 5.15. The Morgan fingerprint density at radius 2 is 1.69 bits per heavy atom. The third kappa shape index (κ3) is 5.83. The highest BCUT2D eigenvalue weighted by Gasteiger charge is 2.16. The first kappa shape index (κ1) is 24.4. The van der Waals surface area contributed by atoms with Crippen LogP contribution in [-0.4, -0.2) is 29.6 Å². The second kappa shape index (κ2) is 11.1. The number of amides is 1. The third-order valence-corrected chi connectivity index (χ3v) is 5.36. The molecule has 0 unspecified atom stereocenters. The molecule has 0 aromatic heterocycles. The average molecular weight is 504 g/mol. The van der Waals surface area contributed by atoms with E-state index in [0.29, 0.717) is 11.3 Å². The zero-order chi connectivity index (χ0) is 25.5. The van der Waals surface area contributed by atoms with Crippen LogP contribution in [0.4, 0.5) is 5.69 Å². The Morgan fingerprint density at radius 3 is 2.44 bits per heavy atom. The Balaban J connectivity index is 1.48. The Hall–Kier alpha value is -4.76. The number of non-ortho nitro benzene ring substituents is 1. The maximum absolute atomic E-state index is 12.7. The monoisotopic (exact) mass is 503 g/mol. The second-order valence-corrected chi connectivity index (χ2v) is 7.81. The smallest absolute Gasteiger partial charge is 0.345 e. The highest BCUT2D eigenvalue weighted by atomic mass is 35.5. The SMILES string of the molecule is O=C(COc1ccc([N+](=O)[O-])cc1)NN=Cc1c(OC(=O)c2ccccc2Cl)ccc2ccccc12. The number of nitrogens with one attached hydrogen (secondary N) is 1. The first-order valence-corrected chi connectivity index (χ1v) is 11.0. The van der Waals surface area contributed by atoms with Crippen molar-refractivity contribution in [2.24, 2.45) is 5.10 Å². The highest BCUT2D eigenvalue weighted by molar-refractivity contribution is 6.33. The van der Waals surface area contributed by atoms with E-state index in [1.165, 1.54) is 30.5 Å². The van der Waals surface area contributed by atoms with Gasteiger partial charge in [0.25, 0.3) is 11.6 Å². The summed E-state index contributed by atoms with van der Waals surface area (Å²) in [6, 6.07) is 22.7. The molecule has 0 heterocycles. The molecule has 180 valence electrons. The number of carbonyl (C=O) groups excluding carboxylic acids is 2. The lowest BCUT2D eigenvalue weighted by molar-refractivity contribution is -0.384. The van der Waals surface area contributed by atoms with Gasteiger partial charge in [0.05, 0.1) is 21.7 Å². The zero-order valence-corrected chi connectivity index (χ0v) is 19.3. The number of nitrogens with zero attached hydrogens (tertiary/aromatic N) is 2. The molecule has 0 aliphatic heterocycles. The summed E-state index contributed by atoms with van der Waals surface area (Å²) in [4.78, 5) is 35.1. The van der Waals surface area contributed by atoms with Gasteiger partial charge in [-0.15, -0.1) is 0 Å². The van der Waals surface area contributed by atoms with Crippen LogP contribution in [0.5, 0.6) is 11.5 Å². The Morgan fingerprint density at radius 1 is 0.972 bits per heavy atom. The van der Waals surface area contributed by atoms with Crippen molar-refractivity contribution in [3.8, 4) is 11.5 Å². The number of esters is 1. The summed E-state index contributed by atoms with van der Waals surface area (Å²) in [7, 11) is 0. The van der Waals surface area contributed by atoms with E-state index in [1.807, 2.05) is 24.3 Å². The van der Waals surface area contributed by atoms with E-state index < -0.39 is 16.8 Å². The fourth-order valence-corrected chi connectivity index (χ4v) is 3.51. The van der Waals surface area contributed by atoms with E-state index in [-0.39, 0.29) is 28.6 Å². The van der Waals surface area contributed by atoms with Gasteiger partial charge in [0.2, 0.25) is 0 Å². The van der Waals surface area contributed by atoms with Crippen molar-refractivity contribution in [3.05, 3.63) is 111 Å². The summed E-state index contributed by atoms with van der Waals surface area (Å²) in [5, 5.41) is 16.6. The zero-order valence-electron chi connectivity index (χ0n) is 18.6. The lowest BCUT2D eigenvalue weighted by Gasteiger charge is -2.11. The van der Waals surface area contributed by atoms with E-state index in [0.717, 1.165) is 10.8 Å². The number of nitro benzene ring substituents is 1. The molecule has 0 radical (unpaired) electrons. The molecule has 0 saturated heterocycles. The minimum absolute atomic E-state index is 0.0856. The van der Waals surface area contributed by atoms with E-state index >= 15 is 0 Å². The van der Waals surface area contributed by atoms with Crippen LogP contribution in [0.2, 0.25) is 5.02 Å². The van der Waals surface area contributed by atoms with Crippen LogP contribution >= 0.6 is 11.6 Å². The number of rotatable bonds is 8. The molecule has 9 nitrogen and oxygen atoms in total. The summed E-state index contributed by atoms with van der Waals surface area (Å²) >= 11 is 6.12. The minimum Gasteiger partial charge on any atom is -0.484 e. The average Bonchev–Trinajstić information content (AvgIpc) is 2.89.